The van der Waals surface area contributed by atoms with Crippen molar-refractivity contribution >= 4 is 11.7 Å². The van der Waals surface area contributed by atoms with Crippen LogP contribution in [0.3, 0.4) is 0 Å². The second-order valence-corrected chi connectivity index (χ2v) is 6.69. The first-order valence-corrected chi connectivity index (χ1v) is 8.33. The highest BCUT2D eigenvalue weighted by atomic mass is 16.1. The number of piperidine rings is 2. The highest BCUT2D eigenvalue weighted by molar-refractivity contribution is 5.76. The zero-order valence-electron chi connectivity index (χ0n) is 13.4. The monoisotopic (exact) mass is 302 g/mol. The van der Waals surface area contributed by atoms with E-state index in [0.717, 1.165) is 38.3 Å². The predicted molar refractivity (Wildman–Crippen MR) is 87.8 cm³/mol. The summed E-state index contributed by atoms with van der Waals surface area (Å²) < 4.78 is 0. The summed E-state index contributed by atoms with van der Waals surface area (Å²) >= 11 is 0. The molecule has 0 aromatic carbocycles. The quantitative estimate of drug-likeness (QED) is 0.921. The number of primary amides is 1. The van der Waals surface area contributed by atoms with Crippen molar-refractivity contribution in [2.45, 2.75) is 31.6 Å². The molecule has 2 N–H and O–H groups in total. The third-order valence-electron chi connectivity index (χ3n) is 5.02. The minimum Gasteiger partial charge on any atom is -0.369 e. The number of nitrogens with two attached hydrogens (primary N) is 1. The van der Waals surface area contributed by atoms with Crippen LogP contribution in [0.1, 0.15) is 37.3 Å². The minimum atomic E-state index is -0.161. The molecule has 1 aromatic rings. The Morgan fingerprint density at radius 2 is 2.00 bits per heavy atom. The highest BCUT2D eigenvalue weighted by Gasteiger charge is 2.25. The lowest BCUT2D eigenvalue weighted by Gasteiger charge is -2.33. The standard InChI is InChI=1S/C17H26N4O/c1-20-9-3-4-14(12-20)15-5-2-6-16(19-15)21-10-7-13(8-11-21)17(18)22/h2,5-6,13-14H,3-4,7-12H2,1H3,(H2,18,22)/t14-/m0/s1. The summed E-state index contributed by atoms with van der Waals surface area (Å²) in [6.45, 7) is 4.03. The number of rotatable bonds is 3. The van der Waals surface area contributed by atoms with E-state index in [-0.39, 0.29) is 11.8 Å². The van der Waals surface area contributed by atoms with Crippen molar-refractivity contribution in [2.24, 2.45) is 11.7 Å². The van der Waals surface area contributed by atoms with Crippen LogP contribution in [0.5, 0.6) is 0 Å². The molecule has 1 amide bonds. The molecule has 22 heavy (non-hydrogen) atoms. The fourth-order valence-corrected chi connectivity index (χ4v) is 3.64. The Kier molecular flexibility index (Phi) is 4.62. The third-order valence-corrected chi connectivity index (χ3v) is 5.02. The normalized spacial score (nSPS) is 24.4. The van der Waals surface area contributed by atoms with Gasteiger partial charge in [0.2, 0.25) is 5.91 Å². The maximum absolute atomic E-state index is 11.3. The molecule has 120 valence electrons. The van der Waals surface area contributed by atoms with Crippen LogP contribution in [0.2, 0.25) is 0 Å². The molecule has 3 heterocycles. The summed E-state index contributed by atoms with van der Waals surface area (Å²) in [5, 5.41) is 0. The lowest BCUT2D eigenvalue weighted by atomic mass is 9.94. The first-order chi connectivity index (χ1) is 10.6. The maximum atomic E-state index is 11.3. The number of carbonyl (C=O) groups excluding carboxylic acids is 1. The van der Waals surface area contributed by atoms with Gasteiger partial charge in [0.05, 0.1) is 0 Å². The topological polar surface area (TPSA) is 62.5 Å². The Morgan fingerprint density at radius 1 is 1.23 bits per heavy atom. The van der Waals surface area contributed by atoms with E-state index in [4.69, 9.17) is 10.7 Å². The molecular weight excluding hydrogens is 276 g/mol. The SMILES string of the molecule is CN1CCC[C@H](c2cccc(N3CCC(C(N)=O)CC3)n2)C1. The van der Waals surface area contributed by atoms with Crippen LogP contribution < -0.4 is 10.6 Å². The number of anilines is 1. The molecule has 0 unspecified atom stereocenters. The van der Waals surface area contributed by atoms with Gasteiger partial charge in [-0.2, -0.15) is 0 Å². The minimum absolute atomic E-state index is 0.0337. The van der Waals surface area contributed by atoms with Gasteiger partial charge in [-0.15, -0.1) is 0 Å². The van der Waals surface area contributed by atoms with E-state index in [1.54, 1.807) is 0 Å². The lowest BCUT2D eigenvalue weighted by molar-refractivity contribution is -0.122. The van der Waals surface area contributed by atoms with Crippen molar-refractivity contribution in [1.29, 1.82) is 0 Å². The molecule has 3 rings (SSSR count). The van der Waals surface area contributed by atoms with Crippen molar-refractivity contribution in [3.8, 4) is 0 Å². The summed E-state index contributed by atoms with van der Waals surface area (Å²) in [7, 11) is 2.19. The molecule has 0 radical (unpaired) electrons. The molecule has 5 heteroatoms. The van der Waals surface area contributed by atoms with Crippen LogP contribution in [-0.2, 0) is 4.79 Å². The number of likely N-dealkylation sites (N-methyl/N-ethyl adjacent to an activating group) is 1. The number of hydrogen-bond donors (Lipinski definition) is 1. The second-order valence-electron chi connectivity index (χ2n) is 6.69. The Hall–Kier alpha value is -1.62. The van der Waals surface area contributed by atoms with Gasteiger partial charge in [0.25, 0.3) is 0 Å². The number of likely N-dealkylation sites (tertiary alicyclic amines) is 1. The number of aromatic nitrogens is 1. The first kappa shape index (κ1) is 15.3. The molecule has 1 aromatic heterocycles. The summed E-state index contributed by atoms with van der Waals surface area (Å²) in [6.07, 6.45) is 4.16. The van der Waals surface area contributed by atoms with Crippen molar-refractivity contribution in [1.82, 2.24) is 9.88 Å². The van der Waals surface area contributed by atoms with E-state index >= 15 is 0 Å². The molecule has 2 aliphatic heterocycles. The molecule has 2 saturated heterocycles. The maximum Gasteiger partial charge on any atom is 0.220 e. The van der Waals surface area contributed by atoms with Gasteiger partial charge < -0.3 is 15.5 Å². The van der Waals surface area contributed by atoms with Crippen molar-refractivity contribution in [3.05, 3.63) is 23.9 Å². The Labute approximate surface area is 132 Å². The number of amides is 1. The van der Waals surface area contributed by atoms with Crippen LogP contribution in [0.4, 0.5) is 5.82 Å². The van der Waals surface area contributed by atoms with Gasteiger partial charge in [0.1, 0.15) is 5.82 Å². The Morgan fingerprint density at radius 3 is 2.68 bits per heavy atom. The van der Waals surface area contributed by atoms with E-state index in [1.165, 1.54) is 25.1 Å². The number of hydrogen-bond acceptors (Lipinski definition) is 4. The third kappa shape index (κ3) is 3.40. The van der Waals surface area contributed by atoms with Gasteiger partial charge in [-0.1, -0.05) is 6.07 Å². The van der Waals surface area contributed by atoms with Gasteiger partial charge >= 0.3 is 0 Å². The highest BCUT2D eigenvalue weighted by Crippen LogP contribution is 2.27. The molecule has 1 atom stereocenters. The van der Waals surface area contributed by atoms with Crippen LogP contribution in [0.25, 0.3) is 0 Å². The van der Waals surface area contributed by atoms with E-state index in [0.29, 0.717) is 5.92 Å². The van der Waals surface area contributed by atoms with E-state index in [9.17, 15) is 4.79 Å². The molecule has 2 aliphatic rings. The Balaban J connectivity index is 1.68. The van der Waals surface area contributed by atoms with Crippen molar-refractivity contribution < 1.29 is 4.79 Å². The summed E-state index contributed by atoms with van der Waals surface area (Å²) in [5.74, 6) is 1.47. The smallest absolute Gasteiger partial charge is 0.220 e. The average Bonchev–Trinajstić information content (AvgIpc) is 2.55. The lowest BCUT2D eigenvalue weighted by Crippen LogP contribution is -2.39. The van der Waals surface area contributed by atoms with Gasteiger partial charge in [0, 0.05) is 37.2 Å². The zero-order valence-corrected chi connectivity index (χ0v) is 13.4. The molecule has 2 fully saturated rings. The van der Waals surface area contributed by atoms with Crippen LogP contribution in [-0.4, -0.2) is 49.0 Å². The van der Waals surface area contributed by atoms with E-state index < -0.39 is 0 Å². The van der Waals surface area contributed by atoms with Crippen molar-refractivity contribution in [3.63, 3.8) is 0 Å². The molecular formula is C17H26N4O. The van der Waals surface area contributed by atoms with Gasteiger partial charge in [-0.3, -0.25) is 4.79 Å². The van der Waals surface area contributed by atoms with Crippen LogP contribution in [0.15, 0.2) is 18.2 Å². The Bertz CT molecular complexity index is 525. The van der Waals surface area contributed by atoms with Gasteiger partial charge in [-0.05, 0) is 51.4 Å². The predicted octanol–water partition coefficient (Wildman–Crippen LogP) is 1.59. The largest absolute Gasteiger partial charge is 0.369 e. The van der Waals surface area contributed by atoms with Crippen LogP contribution >= 0.6 is 0 Å². The van der Waals surface area contributed by atoms with Gasteiger partial charge in [-0.25, -0.2) is 4.98 Å². The van der Waals surface area contributed by atoms with E-state index in [1.807, 2.05) is 0 Å². The second kappa shape index (κ2) is 6.65. The molecule has 5 nitrogen and oxygen atoms in total. The van der Waals surface area contributed by atoms with Gasteiger partial charge in [0.15, 0.2) is 0 Å². The molecule has 0 spiro atoms. The summed E-state index contributed by atoms with van der Waals surface area (Å²) in [4.78, 5) is 20.9. The van der Waals surface area contributed by atoms with Crippen molar-refractivity contribution in [2.75, 3.05) is 38.1 Å². The number of pyridine rings is 1. The molecule has 0 bridgehead atoms. The number of carbonyl (C=O) groups is 1. The fourth-order valence-electron chi connectivity index (χ4n) is 3.64. The summed E-state index contributed by atoms with van der Waals surface area (Å²) in [6, 6.07) is 6.36. The van der Waals surface area contributed by atoms with Crippen LogP contribution in [0, 0.1) is 5.92 Å². The first-order valence-electron chi connectivity index (χ1n) is 8.33. The van der Waals surface area contributed by atoms with E-state index in [2.05, 4.69) is 35.0 Å². The molecule has 0 aliphatic carbocycles. The fraction of sp³-hybridized carbons (Fsp3) is 0.647. The summed E-state index contributed by atoms with van der Waals surface area (Å²) in [5.41, 5.74) is 6.62. The average molecular weight is 302 g/mol. The number of nitrogens with zero attached hydrogens (tertiary/aromatic N) is 3. The zero-order chi connectivity index (χ0) is 15.5. The molecule has 0 saturated carbocycles.